The first-order chi connectivity index (χ1) is 18.2. The molecule has 9 heteroatoms. The number of nitrogens with two attached hydrogens (primary N) is 1. The lowest BCUT2D eigenvalue weighted by atomic mass is 9.97. The van der Waals surface area contributed by atoms with E-state index in [9.17, 15) is 13.2 Å². The molecule has 0 saturated carbocycles. The summed E-state index contributed by atoms with van der Waals surface area (Å²) in [5, 5.41) is 0. The fraction of sp³-hybridized carbons (Fsp3) is 0.552. The number of nitrogens with zero attached hydrogens (tertiary/aromatic N) is 2. The number of benzene rings is 2. The smallest absolute Gasteiger partial charge is 0.339 e. The lowest BCUT2D eigenvalue weighted by Gasteiger charge is -2.33. The highest BCUT2D eigenvalue weighted by atomic mass is 32.2. The van der Waals surface area contributed by atoms with E-state index in [4.69, 9.17) is 15.2 Å². The number of carbonyl (C=O) groups excluding carboxylic acids is 1. The topological polar surface area (TPSA) is 102 Å². The molecule has 1 saturated heterocycles. The van der Waals surface area contributed by atoms with Crippen LogP contribution in [0, 0.1) is 0 Å². The van der Waals surface area contributed by atoms with E-state index in [0.29, 0.717) is 30.0 Å². The van der Waals surface area contributed by atoms with Crippen LogP contribution in [0.1, 0.15) is 66.9 Å². The number of esters is 1. The van der Waals surface area contributed by atoms with Crippen LogP contribution in [0.4, 0.5) is 5.69 Å². The third-order valence-corrected chi connectivity index (χ3v) is 9.23. The molecule has 0 spiro atoms. The molecule has 0 unspecified atom stereocenters. The Morgan fingerprint density at radius 1 is 0.974 bits per heavy atom. The minimum atomic E-state index is -4.09. The molecule has 0 aliphatic carbocycles. The monoisotopic (exact) mass is 545 g/mol. The van der Waals surface area contributed by atoms with Crippen LogP contribution in [0.25, 0.3) is 0 Å². The van der Waals surface area contributed by atoms with Gasteiger partial charge in [0, 0.05) is 44.0 Å². The van der Waals surface area contributed by atoms with Crippen LogP contribution in [0.15, 0.2) is 40.1 Å². The van der Waals surface area contributed by atoms with E-state index < -0.39 is 15.8 Å². The van der Waals surface area contributed by atoms with Gasteiger partial charge in [-0.1, -0.05) is 39.0 Å². The van der Waals surface area contributed by atoms with Crippen molar-refractivity contribution in [3.63, 3.8) is 0 Å². The van der Waals surface area contributed by atoms with E-state index in [-0.39, 0.29) is 15.4 Å². The van der Waals surface area contributed by atoms with Gasteiger partial charge in [0.05, 0.1) is 29.6 Å². The van der Waals surface area contributed by atoms with Crippen molar-refractivity contribution < 1.29 is 22.7 Å². The van der Waals surface area contributed by atoms with Crippen LogP contribution in [-0.2, 0) is 27.5 Å². The molecule has 1 fully saturated rings. The van der Waals surface area contributed by atoms with E-state index in [0.717, 1.165) is 51.0 Å². The molecule has 210 valence electrons. The number of methoxy groups -OCH3 is 2. The number of carbonyl (C=O) groups is 1. The Labute approximate surface area is 228 Å². The van der Waals surface area contributed by atoms with Crippen molar-refractivity contribution in [2.75, 3.05) is 53.2 Å². The van der Waals surface area contributed by atoms with Gasteiger partial charge in [-0.25, -0.2) is 13.2 Å². The molecule has 3 rings (SSSR count). The van der Waals surface area contributed by atoms with E-state index in [1.54, 1.807) is 18.2 Å². The number of unbranched alkanes of at least 4 members (excludes halogenated alkanes) is 5. The second kappa shape index (κ2) is 14.0. The van der Waals surface area contributed by atoms with Crippen molar-refractivity contribution in [1.82, 2.24) is 9.80 Å². The van der Waals surface area contributed by atoms with Crippen LogP contribution in [-0.4, -0.2) is 71.6 Å². The number of hydrogen-bond acceptors (Lipinski definition) is 8. The van der Waals surface area contributed by atoms with Crippen LogP contribution < -0.4 is 10.5 Å². The maximum Gasteiger partial charge on any atom is 0.339 e. The zero-order chi connectivity index (χ0) is 27.7. The summed E-state index contributed by atoms with van der Waals surface area (Å²) in [4.78, 5) is 17.5. The highest BCUT2D eigenvalue weighted by molar-refractivity contribution is 7.91. The van der Waals surface area contributed by atoms with Crippen LogP contribution in [0.3, 0.4) is 0 Å². The molecule has 0 radical (unpaired) electrons. The zero-order valence-electron chi connectivity index (χ0n) is 23.3. The van der Waals surface area contributed by atoms with Crippen molar-refractivity contribution in [2.24, 2.45) is 0 Å². The highest BCUT2D eigenvalue weighted by Gasteiger charge is 2.32. The third-order valence-electron chi connectivity index (χ3n) is 7.33. The van der Waals surface area contributed by atoms with Crippen molar-refractivity contribution >= 4 is 21.5 Å². The summed E-state index contributed by atoms with van der Waals surface area (Å²) >= 11 is 0. The molecule has 2 aromatic carbocycles. The fourth-order valence-electron chi connectivity index (χ4n) is 4.93. The number of likely N-dealkylation sites (N-methyl/N-ethyl adjacent to an activating group) is 1. The SMILES string of the molecule is CCCCCCCCc1cc(C(=O)OC)c(S(=O)(=O)c2ccc(OC)cc2)c(CN2CCN(C)CC2)c1N. The standard InChI is InChI=1S/C29H43N3O5S/c1-5-6-7-8-9-10-11-22-20-25(29(33)37-4)28(38(34,35)24-14-12-23(36-3)13-15-24)26(27(22)30)21-32-18-16-31(2)17-19-32/h12-15,20H,5-11,16-19,21,30H2,1-4H3. The number of hydrogen-bond donors (Lipinski definition) is 1. The van der Waals surface area contributed by atoms with Crippen molar-refractivity contribution in [3.05, 3.63) is 47.0 Å². The van der Waals surface area contributed by atoms with E-state index in [2.05, 4.69) is 23.8 Å². The number of anilines is 1. The molecule has 2 N–H and O–H groups in total. The molecule has 1 aliphatic rings. The first-order valence-corrected chi connectivity index (χ1v) is 15.0. The summed E-state index contributed by atoms with van der Waals surface area (Å²) in [6.07, 6.45) is 7.43. The Morgan fingerprint density at radius 2 is 1.61 bits per heavy atom. The maximum atomic E-state index is 14.1. The highest BCUT2D eigenvalue weighted by Crippen LogP contribution is 2.36. The van der Waals surface area contributed by atoms with Gasteiger partial charge in [0.1, 0.15) is 5.75 Å². The summed E-state index contributed by atoms with van der Waals surface area (Å²) in [6, 6.07) is 7.82. The average molecular weight is 546 g/mol. The summed E-state index contributed by atoms with van der Waals surface area (Å²) in [6.45, 7) is 5.86. The molecular formula is C29H43N3O5S. The molecule has 0 atom stereocenters. The second-order valence-electron chi connectivity index (χ2n) is 10.1. The number of sulfone groups is 1. The number of piperazine rings is 1. The van der Waals surface area contributed by atoms with E-state index >= 15 is 0 Å². The van der Waals surface area contributed by atoms with Crippen LogP contribution in [0.5, 0.6) is 5.75 Å². The number of rotatable bonds is 13. The van der Waals surface area contributed by atoms with E-state index in [1.807, 2.05) is 0 Å². The summed E-state index contributed by atoms with van der Waals surface area (Å²) in [7, 11) is 0.779. The first kappa shape index (κ1) is 29.9. The Balaban J connectivity index is 2.09. The Hall–Kier alpha value is -2.62. The van der Waals surface area contributed by atoms with Gasteiger partial charge in [0.25, 0.3) is 0 Å². The molecular weight excluding hydrogens is 502 g/mol. The van der Waals surface area contributed by atoms with Gasteiger partial charge >= 0.3 is 5.97 Å². The van der Waals surface area contributed by atoms with Gasteiger partial charge in [-0.3, -0.25) is 4.90 Å². The molecule has 8 nitrogen and oxygen atoms in total. The number of aryl methyl sites for hydroxylation is 1. The Morgan fingerprint density at radius 3 is 2.21 bits per heavy atom. The van der Waals surface area contributed by atoms with Crippen molar-refractivity contribution in [3.8, 4) is 5.75 Å². The minimum Gasteiger partial charge on any atom is -0.497 e. The molecule has 38 heavy (non-hydrogen) atoms. The molecule has 1 heterocycles. The van der Waals surface area contributed by atoms with Crippen LogP contribution in [0.2, 0.25) is 0 Å². The van der Waals surface area contributed by atoms with E-state index in [1.165, 1.54) is 45.6 Å². The predicted octanol–water partition coefficient (Wildman–Crippen LogP) is 4.55. The Bertz CT molecular complexity index is 1170. The Kier molecular flexibility index (Phi) is 11.0. The van der Waals surface area contributed by atoms with Gasteiger partial charge in [-0.2, -0.15) is 0 Å². The lowest BCUT2D eigenvalue weighted by Crippen LogP contribution is -2.44. The predicted molar refractivity (Wildman–Crippen MR) is 150 cm³/mol. The largest absolute Gasteiger partial charge is 0.497 e. The molecule has 2 aromatic rings. The summed E-state index contributed by atoms with van der Waals surface area (Å²) < 4.78 is 38.5. The minimum absolute atomic E-state index is 0.0441. The van der Waals surface area contributed by atoms with Crippen molar-refractivity contribution in [2.45, 2.75) is 68.2 Å². The average Bonchev–Trinajstić information content (AvgIpc) is 2.92. The van der Waals surface area contributed by atoms with Gasteiger partial charge in [0.15, 0.2) is 0 Å². The molecule has 0 bridgehead atoms. The zero-order valence-corrected chi connectivity index (χ0v) is 24.1. The van der Waals surface area contributed by atoms with Crippen molar-refractivity contribution in [1.29, 1.82) is 0 Å². The second-order valence-corrected chi connectivity index (χ2v) is 12.0. The maximum absolute atomic E-state index is 14.1. The summed E-state index contributed by atoms with van der Waals surface area (Å²) in [5.74, 6) is -0.135. The first-order valence-electron chi connectivity index (χ1n) is 13.6. The van der Waals surface area contributed by atoms with Gasteiger partial charge in [0.2, 0.25) is 9.84 Å². The van der Waals surface area contributed by atoms with Gasteiger partial charge in [-0.05, 0) is 55.8 Å². The van der Waals surface area contributed by atoms with Gasteiger partial charge in [-0.15, -0.1) is 0 Å². The quantitative estimate of drug-likeness (QED) is 0.222. The van der Waals surface area contributed by atoms with Crippen LogP contribution >= 0.6 is 0 Å². The molecule has 0 amide bonds. The number of ether oxygens (including phenoxy) is 2. The lowest BCUT2D eigenvalue weighted by molar-refractivity contribution is 0.0595. The third kappa shape index (κ3) is 7.27. The fourth-order valence-corrected chi connectivity index (χ4v) is 6.59. The summed E-state index contributed by atoms with van der Waals surface area (Å²) in [5.41, 5.74) is 8.53. The molecule has 1 aliphatic heterocycles. The van der Waals surface area contributed by atoms with Gasteiger partial charge < -0.3 is 20.1 Å². The molecule has 0 aromatic heterocycles. The normalized spacial score (nSPS) is 14.9. The number of nitrogen functional groups attached to an aromatic ring is 1.